The first kappa shape index (κ1) is 31.4. The number of nitriles is 1. The number of nitrogens with zero attached hydrogens (tertiary/aromatic N) is 6. The summed E-state index contributed by atoms with van der Waals surface area (Å²) < 4.78 is 13.9. The third-order valence-electron chi connectivity index (χ3n) is 11.9. The van der Waals surface area contributed by atoms with Gasteiger partial charge in [-0.3, -0.25) is 9.69 Å². The number of allylic oxidation sites excluding steroid dienone is 2. The van der Waals surface area contributed by atoms with Crippen LogP contribution in [0.25, 0.3) is 0 Å². The van der Waals surface area contributed by atoms with Gasteiger partial charge in [-0.2, -0.15) is 14.8 Å². The summed E-state index contributed by atoms with van der Waals surface area (Å²) in [6.45, 7) is 5.32. The lowest BCUT2D eigenvalue weighted by Gasteiger charge is -2.42. The molecule has 4 aliphatic heterocycles. The molecule has 48 heavy (non-hydrogen) atoms. The van der Waals surface area contributed by atoms with Gasteiger partial charge >= 0.3 is 11.8 Å². The summed E-state index contributed by atoms with van der Waals surface area (Å²) in [6, 6.07) is 2.05. The molecule has 1 spiro atoms. The van der Waals surface area contributed by atoms with Gasteiger partial charge in [0.05, 0.1) is 31.0 Å². The van der Waals surface area contributed by atoms with Crippen molar-refractivity contribution < 1.29 is 23.6 Å². The second-order valence-corrected chi connectivity index (χ2v) is 15.5. The fourth-order valence-electron chi connectivity index (χ4n) is 9.50. The standard InChI is InChI=1S/C35H42N8O4S/c1-20(35-12-5-14-42(35)15-6-13-35)47-32-26-31(43(33(45)41(26)2)18-21-9-16-46-19-21)39-30(40-32)27(44)22-7-3-10-34(28(22)37)11-4-8-24-25(34)23(17-36)29(38)48-24/h18,20-21H,3-16,19,38H2,1-2H3,(H-,37,44)/p+1/b43-18-/t20-,21?,34-/m0/s1. The minimum atomic E-state index is -0.632. The molecule has 13 heteroatoms. The van der Waals surface area contributed by atoms with E-state index in [-0.39, 0.29) is 41.1 Å². The van der Waals surface area contributed by atoms with Gasteiger partial charge in [-0.15, -0.1) is 11.3 Å². The highest BCUT2D eigenvalue weighted by Crippen LogP contribution is 2.54. The number of rotatable bonds is 6. The Labute approximate surface area is 284 Å². The number of fused-ring (bicyclic) bond motifs is 4. The van der Waals surface area contributed by atoms with E-state index < -0.39 is 5.41 Å². The molecule has 6 aliphatic rings. The highest BCUT2D eigenvalue weighted by molar-refractivity contribution is 7.16. The van der Waals surface area contributed by atoms with E-state index in [0.717, 1.165) is 87.7 Å². The van der Waals surface area contributed by atoms with E-state index in [1.54, 1.807) is 7.05 Å². The highest BCUT2D eigenvalue weighted by Gasteiger charge is 2.52. The number of ether oxygens (including phenoxy) is 2. The maximum Gasteiger partial charge on any atom is 0.448 e. The zero-order chi connectivity index (χ0) is 33.4. The van der Waals surface area contributed by atoms with E-state index in [9.17, 15) is 14.9 Å². The Morgan fingerprint density at radius 1 is 1.17 bits per heavy atom. The number of aryl methyl sites for hydroxylation is 1. The molecule has 2 aliphatic carbocycles. The molecule has 252 valence electrons. The molecular weight excluding hydrogens is 629 g/mol. The van der Waals surface area contributed by atoms with E-state index in [0.29, 0.717) is 53.0 Å². The van der Waals surface area contributed by atoms with Crippen LogP contribution in [0.3, 0.4) is 0 Å². The highest BCUT2D eigenvalue weighted by atomic mass is 32.1. The number of nitrogens with two attached hydrogens (primary N) is 2. The minimum absolute atomic E-state index is 0.0382. The first-order valence-corrected chi connectivity index (χ1v) is 18.2. The fourth-order valence-corrected chi connectivity index (χ4v) is 10.7. The van der Waals surface area contributed by atoms with Crippen molar-refractivity contribution in [2.75, 3.05) is 44.0 Å². The topological polar surface area (TPSA) is 164 Å². The Bertz CT molecular complexity index is 1810. The maximum atomic E-state index is 14.6. The van der Waals surface area contributed by atoms with Crippen molar-refractivity contribution in [3.8, 4) is 11.9 Å². The maximum absolute atomic E-state index is 14.6. The van der Waals surface area contributed by atoms with Crippen molar-refractivity contribution in [3.63, 3.8) is 0 Å². The Morgan fingerprint density at radius 2 is 1.92 bits per heavy atom. The number of urea groups is 1. The lowest BCUT2D eigenvalue weighted by Crippen LogP contribution is -2.50. The van der Waals surface area contributed by atoms with Crippen LogP contribution in [-0.4, -0.2) is 82.5 Å². The molecule has 0 radical (unpaired) electrons. The molecule has 3 atom stereocenters. The van der Waals surface area contributed by atoms with Gasteiger partial charge in [0.1, 0.15) is 17.2 Å². The monoisotopic (exact) mass is 671 g/mol. The van der Waals surface area contributed by atoms with Crippen molar-refractivity contribution in [2.45, 2.75) is 94.6 Å². The smallest absolute Gasteiger partial charge is 0.448 e. The Kier molecular flexibility index (Phi) is 7.61. The predicted molar refractivity (Wildman–Crippen MR) is 181 cm³/mol. The molecule has 2 amide bonds. The first-order valence-electron chi connectivity index (χ1n) is 17.4. The number of hydrogen-bond donors (Lipinski definition) is 2. The zero-order valence-electron chi connectivity index (χ0n) is 27.7. The molecule has 2 aromatic heterocycles. The zero-order valence-corrected chi connectivity index (χ0v) is 28.5. The summed E-state index contributed by atoms with van der Waals surface area (Å²) in [5, 5.41) is 10.6. The second kappa shape index (κ2) is 11.6. The van der Waals surface area contributed by atoms with E-state index in [1.807, 2.05) is 6.21 Å². The lowest BCUT2D eigenvalue weighted by molar-refractivity contribution is -0.324. The van der Waals surface area contributed by atoms with Crippen LogP contribution < -0.4 is 21.1 Å². The van der Waals surface area contributed by atoms with Gasteiger partial charge < -0.3 is 20.9 Å². The summed E-state index contributed by atoms with van der Waals surface area (Å²) in [5.74, 6) is 0.209. The van der Waals surface area contributed by atoms with Crippen LogP contribution in [0.2, 0.25) is 0 Å². The molecule has 6 heterocycles. The van der Waals surface area contributed by atoms with Gasteiger partial charge in [-0.25, -0.2) is 9.69 Å². The third kappa shape index (κ3) is 4.55. The number of carbonyl (C=O) groups is 2. The van der Waals surface area contributed by atoms with Crippen LogP contribution in [0, 0.1) is 17.2 Å². The van der Waals surface area contributed by atoms with Gasteiger partial charge in [-0.05, 0) is 96.2 Å². The SMILES string of the molecule is C[C@H](Oc1nc(C(=O)C2=C(N)[C@@]3(CCC2)CCCc2sc(N)c(C#N)c23)nc2c1N(C)C(=O)/[N+]2=C\C1CCOC1)C12CCCN1CCC2. The van der Waals surface area contributed by atoms with Gasteiger partial charge in [-0.1, -0.05) is 4.98 Å². The van der Waals surface area contributed by atoms with E-state index >= 15 is 0 Å². The largest absolute Gasteiger partial charge is 0.470 e. The molecule has 2 aromatic rings. The lowest BCUT2D eigenvalue weighted by atomic mass is 9.62. The van der Waals surface area contributed by atoms with Crippen LogP contribution in [0.4, 0.5) is 21.3 Å². The summed E-state index contributed by atoms with van der Waals surface area (Å²) in [6.07, 6.45) is 11.2. The molecule has 12 nitrogen and oxygen atoms in total. The number of hydrogen-bond acceptors (Lipinski definition) is 11. The van der Waals surface area contributed by atoms with Crippen molar-refractivity contribution in [1.82, 2.24) is 14.9 Å². The number of thiophene rings is 1. The van der Waals surface area contributed by atoms with Gasteiger partial charge in [0.25, 0.3) is 11.7 Å². The molecule has 0 bridgehead atoms. The molecule has 0 aromatic carbocycles. The normalized spacial score (nSPS) is 27.8. The summed E-state index contributed by atoms with van der Waals surface area (Å²) in [5.41, 5.74) is 15.4. The van der Waals surface area contributed by atoms with Crippen molar-refractivity contribution in [2.24, 2.45) is 11.7 Å². The molecular formula is C35H43N8O4S+. The Balaban J connectivity index is 1.25. The van der Waals surface area contributed by atoms with E-state index in [1.165, 1.54) is 20.8 Å². The number of aromatic nitrogens is 2. The van der Waals surface area contributed by atoms with Crippen molar-refractivity contribution in [3.05, 3.63) is 33.1 Å². The third-order valence-corrected chi connectivity index (χ3v) is 13.0. The molecule has 0 saturated carbocycles. The quantitative estimate of drug-likeness (QED) is 0.329. The number of carbonyl (C=O) groups excluding carboxylic acids is 2. The van der Waals surface area contributed by atoms with Gasteiger partial charge in [0.15, 0.2) is 0 Å². The summed E-state index contributed by atoms with van der Waals surface area (Å²) >= 11 is 1.46. The minimum Gasteiger partial charge on any atom is -0.470 e. The van der Waals surface area contributed by atoms with Crippen molar-refractivity contribution >= 4 is 45.9 Å². The number of ketones is 1. The van der Waals surface area contributed by atoms with Crippen LogP contribution in [0.5, 0.6) is 5.88 Å². The number of anilines is 2. The van der Waals surface area contributed by atoms with Crippen LogP contribution in [-0.2, 0) is 16.6 Å². The first-order chi connectivity index (χ1) is 23.2. The molecule has 3 saturated heterocycles. The molecule has 3 fully saturated rings. The van der Waals surface area contributed by atoms with E-state index in [2.05, 4.69) is 17.9 Å². The Morgan fingerprint density at radius 3 is 2.62 bits per heavy atom. The summed E-state index contributed by atoms with van der Waals surface area (Å²) in [7, 11) is 1.70. The van der Waals surface area contributed by atoms with Crippen LogP contribution in [0.15, 0.2) is 11.3 Å². The van der Waals surface area contributed by atoms with Crippen LogP contribution in [0.1, 0.15) is 97.8 Å². The molecule has 1 unspecified atom stereocenters. The average Bonchev–Trinajstić information content (AvgIpc) is 3.90. The van der Waals surface area contributed by atoms with Crippen molar-refractivity contribution in [1.29, 1.82) is 5.26 Å². The Hall–Kier alpha value is -3.86. The van der Waals surface area contributed by atoms with Crippen LogP contribution >= 0.6 is 11.3 Å². The number of nitrogen functional groups attached to an aromatic ring is 1. The molecule has 4 N–H and O–H groups in total. The molecule has 8 rings (SSSR count). The summed E-state index contributed by atoms with van der Waals surface area (Å²) in [4.78, 5) is 43.1. The fraction of sp³-hybridized carbons (Fsp3) is 0.600. The number of amides is 2. The average molecular weight is 672 g/mol. The van der Waals surface area contributed by atoms with Gasteiger partial charge in [0, 0.05) is 34.1 Å². The predicted octanol–water partition coefficient (Wildman–Crippen LogP) is 4.56. The second-order valence-electron chi connectivity index (χ2n) is 14.3. The van der Waals surface area contributed by atoms with Gasteiger partial charge in [0.2, 0.25) is 11.5 Å². The number of Topliss-reactive ketones (excluding diaryl/α,β-unsaturated/α-hetero) is 1. The van der Waals surface area contributed by atoms with E-state index in [4.69, 9.17) is 30.9 Å².